The van der Waals surface area contributed by atoms with Crippen molar-refractivity contribution in [2.24, 2.45) is 0 Å². The van der Waals surface area contributed by atoms with Gasteiger partial charge >= 0.3 is 0 Å². The maximum atomic E-state index is 9.43. The van der Waals surface area contributed by atoms with Gasteiger partial charge in [0.25, 0.3) is 0 Å². The Balaban J connectivity index is 1.38. The molecule has 4 heteroatoms. The van der Waals surface area contributed by atoms with Gasteiger partial charge in [0.05, 0.1) is 33.7 Å². The highest BCUT2D eigenvalue weighted by Gasteiger charge is 2.19. The van der Waals surface area contributed by atoms with Crippen molar-refractivity contribution in [3.05, 3.63) is 133 Å². The van der Waals surface area contributed by atoms with E-state index in [0.717, 1.165) is 71.8 Å². The third-order valence-corrected chi connectivity index (χ3v) is 7.69. The number of fused-ring (bicyclic) bond motifs is 7. The van der Waals surface area contributed by atoms with Crippen LogP contribution in [0.1, 0.15) is 5.56 Å². The standard InChI is InChI=1S/C36H21N3O/c37-22-23-18-19-38-31(20-23)27-11-2-1-10-26(27)24-8-7-9-25(21-24)39-32-14-5-3-13-30(32)35-33(39)17-16-29-28-12-4-6-15-34(28)40-36(29)35/h1-21H. The van der Waals surface area contributed by atoms with Crippen LogP contribution in [0.15, 0.2) is 132 Å². The second-order valence-electron chi connectivity index (χ2n) is 9.92. The molecule has 0 atom stereocenters. The summed E-state index contributed by atoms with van der Waals surface area (Å²) in [5.41, 5.74) is 9.60. The zero-order valence-electron chi connectivity index (χ0n) is 21.4. The number of pyridine rings is 1. The Labute approximate surface area is 230 Å². The van der Waals surface area contributed by atoms with Crippen LogP contribution in [0.3, 0.4) is 0 Å². The molecule has 8 aromatic rings. The lowest BCUT2D eigenvalue weighted by molar-refractivity contribution is 0.673. The number of rotatable bonds is 3. The number of para-hydroxylation sites is 2. The minimum Gasteiger partial charge on any atom is -0.455 e. The largest absolute Gasteiger partial charge is 0.455 e. The molecule has 3 aromatic heterocycles. The molecule has 3 heterocycles. The van der Waals surface area contributed by atoms with Crippen molar-refractivity contribution in [3.63, 3.8) is 0 Å². The van der Waals surface area contributed by atoms with Gasteiger partial charge in [-0.2, -0.15) is 5.26 Å². The predicted octanol–water partition coefficient (Wildman–Crippen LogP) is 9.28. The van der Waals surface area contributed by atoms with Gasteiger partial charge in [-0.15, -0.1) is 0 Å². The van der Waals surface area contributed by atoms with Gasteiger partial charge < -0.3 is 8.98 Å². The maximum Gasteiger partial charge on any atom is 0.145 e. The van der Waals surface area contributed by atoms with E-state index in [4.69, 9.17) is 4.42 Å². The molecule has 5 aromatic carbocycles. The summed E-state index contributed by atoms with van der Waals surface area (Å²) in [7, 11) is 0. The van der Waals surface area contributed by atoms with Crippen LogP contribution in [-0.4, -0.2) is 9.55 Å². The van der Waals surface area contributed by atoms with Crippen LogP contribution < -0.4 is 0 Å². The first-order valence-electron chi connectivity index (χ1n) is 13.2. The van der Waals surface area contributed by atoms with E-state index in [1.54, 1.807) is 12.3 Å². The summed E-state index contributed by atoms with van der Waals surface area (Å²) in [6.07, 6.45) is 1.69. The SMILES string of the molecule is N#Cc1ccnc(-c2ccccc2-c2cccc(-n3c4ccccc4c4c5oc6ccccc6c5ccc43)c2)c1. The normalized spacial score (nSPS) is 11.5. The molecule has 40 heavy (non-hydrogen) atoms. The second kappa shape index (κ2) is 8.69. The van der Waals surface area contributed by atoms with E-state index in [9.17, 15) is 5.26 Å². The Morgan fingerprint density at radius 1 is 0.650 bits per heavy atom. The molecule has 8 rings (SSSR count). The van der Waals surface area contributed by atoms with Crippen molar-refractivity contribution in [3.8, 4) is 34.1 Å². The van der Waals surface area contributed by atoms with Crippen LogP contribution in [-0.2, 0) is 0 Å². The first kappa shape index (κ1) is 22.3. The second-order valence-corrected chi connectivity index (χ2v) is 9.92. The quantitative estimate of drug-likeness (QED) is 0.237. The van der Waals surface area contributed by atoms with Crippen molar-refractivity contribution in [2.45, 2.75) is 0 Å². The van der Waals surface area contributed by atoms with E-state index in [1.807, 2.05) is 30.3 Å². The number of nitriles is 1. The molecule has 0 unspecified atom stereocenters. The predicted molar refractivity (Wildman–Crippen MR) is 161 cm³/mol. The molecule has 0 amide bonds. The van der Waals surface area contributed by atoms with Gasteiger partial charge in [0, 0.05) is 33.6 Å². The van der Waals surface area contributed by atoms with Gasteiger partial charge in [-0.05, 0) is 59.7 Å². The molecule has 0 N–H and O–H groups in total. The molecule has 0 aliphatic rings. The molecule has 0 saturated heterocycles. The third-order valence-electron chi connectivity index (χ3n) is 7.69. The van der Waals surface area contributed by atoms with E-state index in [2.05, 4.69) is 101 Å². The lowest BCUT2D eigenvalue weighted by Gasteiger charge is -2.13. The Morgan fingerprint density at radius 2 is 1.45 bits per heavy atom. The van der Waals surface area contributed by atoms with E-state index < -0.39 is 0 Å². The molecule has 0 fully saturated rings. The zero-order chi connectivity index (χ0) is 26.6. The monoisotopic (exact) mass is 511 g/mol. The van der Waals surface area contributed by atoms with Crippen LogP contribution in [0, 0.1) is 11.3 Å². The first-order valence-corrected chi connectivity index (χ1v) is 13.2. The molecule has 0 radical (unpaired) electrons. The summed E-state index contributed by atoms with van der Waals surface area (Å²) in [5.74, 6) is 0. The van der Waals surface area contributed by atoms with Gasteiger partial charge in [-0.25, -0.2) is 0 Å². The van der Waals surface area contributed by atoms with Crippen LogP contribution in [0.25, 0.3) is 71.8 Å². The molecule has 0 saturated carbocycles. The lowest BCUT2D eigenvalue weighted by atomic mass is 9.96. The topological polar surface area (TPSA) is 54.8 Å². The number of nitrogens with zero attached hydrogens (tertiary/aromatic N) is 3. The fourth-order valence-electron chi connectivity index (χ4n) is 5.93. The summed E-state index contributed by atoms with van der Waals surface area (Å²) < 4.78 is 8.77. The molecule has 4 nitrogen and oxygen atoms in total. The van der Waals surface area contributed by atoms with Gasteiger partial charge in [0.1, 0.15) is 11.2 Å². The number of hydrogen-bond donors (Lipinski definition) is 0. The van der Waals surface area contributed by atoms with E-state index >= 15 is 0 Å². The smallest absolute Gasteiger partial charge is 0.145 e. The molecule has 0 bridgehead atoms. The maximum absolute atomic E-state index is 9.43. The van der Waals surface area contributed by atoms with Gasteiger partial charge in [0.2, 0.25) is 0 Å². The Kier molecular flexibility index (Phi) is 4.85. The summed E-state index contributed by atoms with van der Waals surface area (Å²) in [5, 5.41) is 14.0. The average molecular weight is 512 g/mol. The van der Waals surface area contributed by atoms with Crippen molar-refractivity contribution in [1.29, 1.82) is 5.26 Å². The Bertz CT molecular complexity index is 2300. The highest BCUT2D eigenvalue weighted by Crippen LogP contribution is 2.41. The lowest BCUT2D eigenvalue weighted by Crippen LogP contribution is -1.95. The first-order chi connectivity index (χ1) is 19.8. The van der Waals surface area contributed by atoms with Crippen LogP contribution >= 0.6 is 0 Å². The third kappa shape index (κ3) is 3.28. The summed E-state index contributed by atoms with van der Waals surface area (Å²) in [6, 6.07) is 43.7. The molecular formula is C36H21N3O. The number of furan rings is 1. The summed E-state index contributed by atoms with van der Waals surface area (Å²) >= 11 is 0. The van der Waals surface area contributed by atoms with Crippen molar-refractivity contribution >= 4 is 43.7 Å². The fraction of sp³-hybridized carbons (Fsp3) is 0. The molecule has 0 aliphatic carbocycles. The highest BCUT2D eigenvalue weighted by atomic mass is 16.3. The van der Waals surface area contributed by atoms with Crippen molar-refractivity contribution < 1.29 is 4.42 Å². The van der Waals surface area contributed by atoms with Crippen LogP contribution in [0.4, 0.5) is 0 Å². The van der Waals surface area contributed by atoms with Crippen molar-refractivity contribution in [2.75, 3.05) is 0 Å². The van der Waals surface area contributed by atoms with Crippen LogP contribution in [0.5, 0.6) is 0 Å². The molecule has 186 valence electrons. The van der Waals surface area contributed by atoms with E-state index in [0.29, 0.717) is 5.56 Å². The van der Waals surface area contributed by atoms with Crippen LogP contribution in [0.2, 0.25) is 0 Å². The minimum absolute atomic E-state index is 0.593. The summed E-state index contributed by atoms with van der Waals surface area (Å²) in [6.45, 7) is 0. The number of hydrogen-bond acceptors (Lipinski definition) is 3. The molecular weight excluding hydrogens is 490 g/mol. The fourth-order valence-corrected chi connectivity index (χ4v) is 5.93. The van der Waals surface area contributed by atoms with Gasteiger partial charge in [0.15, 0.2) is 0 Å². The van der Waals surface area contributed by atoms with Gasteiger partial charge in [-0.3, -0.25) is 4.98 Å². The minimum atomic E-state index is 0.593. The highest BCUT2D eigenvalue weighted by molar-refractivity contribution is 6.23. The molecule has 0 aliphatic heterocycles. The van der Waals surface area contributed by atoms with Gasteiger partial charge in [-0.1, -0.05) is 72.8 Å². The van der Waals surface area contributed by atoms with Crippen molar-refractivity contribution in [1.82, 2.24) is 9.55 Å². The number of benzene rings is 5. The zero-order valence-corrected chi connectivity index (χ0v) is 21.4. The summed E-state index contributed by atoms with van der Waals surface area (Å²) in [4.78, 5) is 4.58. The van der Waals surface area contributed by atoms with E-state index in [-0.39, 0.29) is 0 Å². The van der Waals surface area contributed by atoms with E-state index in [1.165, 1.54) is 0 Å². The molecule has 0 spiro atoms. The average Bonchev–Trinajstić information content (AvgIpc) is 3.57. The Morgan fingerprint density at radius 3 is 2.35 bits per heavy atom. The number of aromatic nitrogens is 2. The Hall–Kier alpha value is -5.66.